The van der Waals surface area contributed by atoms with Gasteiger partial charge < -0.3 is 14.2 Å². The third-order valence-electron chi connectivity index (χ3n) is 11.3. The van der Waals surface area contributed by atoms with Gasteiger partial charge in [0.2, 0.25) is 0 Å². The van der Waals surface area contributed by atoms with E-state index in [9.17, 15) is 14.4 Å². The summed E-state index contributed by atoms with van der Waals surface area (Å²) in [6, 6.07) is 0. The van der Waals surface area contributed by atoms with E-state index in [1.807, 2.05) is 0 Å². The fourth-order valence-corrected chi connectivity index (χ4v) is 7.33. The molecule has 0 bridgehead atoms. The molecule has 61 heavy (non-hydrogen) atoms. The van der Waals surface area contributed by atoms with Gasteiger partial charge in [-0.05, 0) is 83.5 Å². The van der Waals surface area contributed by atoms with Gasteiger partial charge in [0.05, 0.1) is 0 Å². The van der Waals surface area contributed by atoms with E-state index in [0.29, 0.717) is 19.3 Å². The molecular formula is C55H98O6. The van der Waals surface area contributed by atoms with Crippen LogP contribution in [0.25, 0.3) is 0 Å². The number of rotatable bonds is 47. The minimum Gasteiger partial charge on any atom is -0.462 e. The highest BCUT2D eigenvalue weighted by molar-refractivity contribution is 5.71. The zero-order valence-electron chi connectivity index (χ0n) is 40.4. The molecule has 6 heteroatoms. The van der Waals surface area contributed by atoms with Crippen LogP contribution in [0.15, 0.2) is 48.6 Å². The molecule has 354 valence electrons. The Hall–Kier alpha value is -2.63. The van der Waals surface area contributed by atoms with Crippen molar-refractivity contribution in [3.8, 4) is 0 Å². The molecule has 0 aromatic heterocycles. The van der Waals surface area contributed by atoms with Crippen molar-refractivity contribution in [3.05, 3.63) is 48.6 Å². The minimum absolute atomic E-state index is 0.0798. The normalized spacial score (nSPS) is 12.4. The summed E-state index contributed by atoms with van der Waals surface area (Å²) < 4.78 is 16.8. The van der Waals surface area contributed by atoms with Crippen molar-refractivity contribution >= 4 is 17.9 Å². The summed E-state index contributed by atoms with van der Waals surface area (Å²) in [6.45, 7) is 6.58. The summed E-state index contributed by atoms with van der Waals surface area (Å²) >= 11 is 0. The van der Waals surface area contributed by atoms with Crippen molar-refractivity contribution in [3.63, 3.8) is 0 Å². The van der Waals surface area contributed by atoms with Crippen LogP contribution in [-0.2, 0) is 28.6 Å². The van der Waals surface area contributed by atoms with E-state index in [1.54, 1.807) is 0 Å². The maximum atomic E-state index is 12.8. The van der Waals surface area contributed by atoms with Crippen molar-refractivity contribution < 1.29 is 28.6 Å². The molecule has 0 saturated heterocycles. The van der Waals surface area contributed by atoms with Crippen LogP contribution in [0.3, 0.4) is 0 Å². The minimum atomic E-state index is -0.780. The Morgan fingerprint density at radius 2 is 0.590 bits per heavy atom. The molecule has 1 atom stereocenters. The molecule has 1 unspecified atom stereocenters. The van der Waals surface area contributed by atoms with Crippen molar-refractivity contribution in [2.45, 2.75) is 271 Å². The second kappa shape index (κ2) is 50.0. The number of hydrogen-bond donors (Lipinski definition) is 0. The Morgan fingerprint density at radius 1 is 0.328 bits per heavy atom. The van der Waals surface area contributed by atoms with E-state index in [0.717, 1.165) is 96.3 Å². The summed E-state index contributed by atoms with van der Waals surface area (Å²) in [5.41, 5.74) is 0. The van der Waals surface area contributed by atoms with E-state index in [2.05, 4.69) is 69.4 Å². The van der Waals surface area contributed by atoms with Crippen molar-refractivity contribution in [1.82, 2.24) is 0 Å². The van der Waals surface area contributed by atoms with Crippen LogP contribution in [0.4, 0.5) is 0 Å². The Labute approximate surface area is 378 Å². The van der Waals surface area contributed by atoms with Gasteiger partial charge >= 0.3 is 17.9 Å². The molecule has 0 aromatic carbocycles. The van der Waals surface area contributed by atoms with Crippen LogP contribution in [0.2, 0.25) is 0 Å². The molecule has 6 nitrogen and oxygen atoms in total. The predicted molar refractivity (Wildman–Crippen MR) is 261 cm³/mol. The standard InChI is InChI=1S/C55H98O6/c1-4-7-10-13-16-19-21-23-25-27-28-30-31-33-36-39-42-45-48-54(57)60-51-52(50-59-53(56)47-44-41-38-35-18-15-12-9-6-3)61-55(58)49-46-43-40-37-34-32-29-26-24-22-20-17-14-11-8-5-2/h19-22,25-27,29,52H,4-18,23-24,28,30-51H2,1-3H3/b21-19-,22-20-,27-25-,29-26-. The van der Waals surface area contributed by atoms with Crippen LogP contribution in [0, 0.1) is 0 Å². The van der Waals surface area contributed by atoms with E-state index in [1.165, 1.54) is 128 Å². The lowest BCUT2D eigenvalue weighted by atomic mass is 10.1. The first kappa shape index (κ1) is 58.4. The molecule has 0 aliphatic heterocycles. The Morgan fingerprint density at radius 3 is 0.918 bits per heavy atom. The van der Waals surface area contributed by atoms with Gasteiger partial charge in [0.25, 0.3) is 0 Å². The largest absolute Gasteiger partial charge is 0.462 e. The lowest BCUT2D eigenvalue weighted by Crippen LogP contribution is -2.30. The summed E-state index contributed by atoms with van der Waals surface area (Å²) in [6.07, 6.45) is 59.5. The van der Waals surface area contributed by atoms with Gasteiger partial charge in [-0.1, -0.05) is 211 Å². The van der Waals surface area contributed by atoms with Gasteiger partial charge in [0, 0.05) is 19.3 Å². The molecular weight excluding hydrogens is 757 g/mol. The first-order valence-electron chi connectivity index (χ1n) is 26.1. The quantitative estimate of drug-likeness (QED) is 0.0263. The van der Waals surface area contributed by atoms with Gasteiger partial charge in [0.15, 0.2) is 6.10 Å². The molecule has 0 aromatic rings. The van der Waals surface area contributed by atoms with Crippen LogP contribution >= 0.6 is 0 Å². The van der Waals surface area contributed by atoms with E-state index in [4.69, 9.17) is 14.2 Å². The molecule has 0 aliphatic rings. The first-order chi connectivity index (χ1) is 30.0. The molecule has 0 N–H and O–H groups in total. The lowest BCUT2D eigenvalue weighted by Gasteiger charge is -2.18. The zero-order valence-corrected chi connectivity index (χ0v) is 40.4. The zero-order chi connectivity index (χ0) is 44.4. The number of allylic oxidation sites excluding steroid dienone is 8. The molecule has 0 amide bonds. The van der Waals surface area contributed by atoms with Gasteiger partial charge in [-0.3, -0.25) is 14.4 Å². The Bertz CT molecular complexity index is 1070. The van der Waals surface area contributed by atoms with Crippen LogP contribution < -0.4 is 0 Å². The number of carbonyl (C=O) groups is 3. The predicted octanol–water partition coefficient (Wildman–Crippen LogP) is 17.1. The first-order valence-corrected chi connectivity index (χ1v) is 26.1. The average molecular weight is 855 g/mol. The summed E-state index contributed by atoms with van der Waals surface area (Å²) in [5.74, 6) is -0.898. The highest BCUT2D eigenvalue weighted by Crippen LogP contribution is 2.14. The number of carbonyl (C=O) groups excluding carboxylic acids is 3. The van der Waals surface area contributed by atoms with Gasteiger partial charge in [-0.25, -0.2) is 0 Å². The smallest absolute Gasteiger partial charge is 0.306 e. The number of esters is 3. The molecule has 0 spiro atoms. The fourth-order valence-electron chi connectivity index (χ4n) is 7.33. The number of ether oxygens (including phenoxy) is 3. The molecule has 0 rings (SSSR count). The van der Waals surface area contributed by atoms with E-state index >= 15 is 0 Å². The second-order valence-electron chi connectivity index (χ2n) is 17.4. The Balaban J connectivity index is 4.34. The SMILES string of the molecule is CCCCCC/C=C\C/C=C\CCCCCCCCCC(=O)OCC(COC(=O)CCCCCCCCCCC)OC(=O)CCCCCCC/C=C\C/C=C\CCCCCC. The maximum absolute atomic E-state index is 12.8. The lowest BCUT2D eigenvalue weighted by molar-refractivity contribution is -0.167. The highest BCUT2D eigenvalue weighted by Gasteiger charge is 2.19. The van der Waals surface area contributed by atoms with Crippen LogP contribution in [0.1, 0.15) is 265 Å². The molecule has 0 fully saturated rings. The number of unbranched alkanes of at least 4 members (excludes halogenated alkanes) is 28. The van der Waals surface area contributed by atoms with Crippen molar-refractivity contribution in [2.75, 3.05) is 13.2 Å². The molecule has 0 heterocycles. The van der Waals surface area contributed by atoms with Gasteiger partial charge in [-0.15, -0.1) is 0 Å². The summed E-state index contributed by atoms with van der Waals surface area (Å²) in [4.78, 5) is 37.9. The average Bonchev–Trinajstić information content (AvgIpc) is 3.26. The molecule has 0 radical (unpaired) electrons. The monoisotopic (exact) mass is 855 g/mol. The second-order valence-corrected chi connectivity index (χ2v) is 17.4. The third-order valence-corrected chi connectivity index (χ3v) is 11.3. The highest BCUT2D eigenvalue weighted by atomic mass is 16.6. The third kappa shape index (κ3) is 48.3. The maximum Gasteiger partial charge on any atom is 0.306 e. The van der Waals surface area contributed by atoms with Crippen molar-refractivity contribution in [2.24, 2.45) is 0 Å². The number of hydrogen-bond acceptors (Lipinski definition) is 6. The summed E-state index contributed by atoms with van der Waals surface area (Å²) in [7, 11) is 0. The topological polar surface area (TPSA) is 78.9 Å². The van der Waals surface area contributed by atoms with Gasteiger partial charge in [-0.2, -0.15) is 0 Å². The van der Waals surface area contributed by atoms with Crippen molar-refractivity contribution in [1.29, 1.82) is 0 Å². The van der Waals surface area contributed by atoms with E-state index < -0.39 is 6.10 Å². The van der Waals surface area contributed by atoms with Crippen LogP contribution in [-0.4, -0.2) is 37.2 Å². The Kier molecular flexibility index (Phi) is 47.9. The fraction of sp³-hybridized carbons (Fsp3) is 0.800. The van der Waals surface area contributed by atoms with Gasteiger partial charge in [0.1, 0.15) is 13.2 Å². The molecule has 0 aliphatic carbocycles. The molecule has 0 saturated carbocycles. The van der Waals surface area contributed by atoms with E-state index in [-0.39, 0.29) is 31.1 Å². The van der Waals surface area contributed by atoms with Crippen LogP contribution in [0.5, 0.6) is 0 Å². The summed E-state index contributed by atoms with van der Waals surface area (Å²) in [5, 5.41) is 0.